The average molecular weight is 414 g/mol. The van der Waals surface area contributed by atoms with Crippen LogP contribution in [0.5, 0.6) is 0 Å². The summed E-state index contributed by atoms with van der Waals surface area (Å²) in [6.45, 7) is 3.96. The zero-order valence-corrected chi connectivity index (χ0v) is 18.1. The van der Waals surface area contributed by atoms with Crippen LogP contribution < -0.4 is 10.1 Å². The summed E-state index contributed by atoms with van der Waals surface area (Å²) in [7, 11) is 1.96. The van der Waals surface area contributed by atoms with Gasteiger partial charge in [-0.1, -0.05) is 42.7 Å². The molecule has 0 radical (unpaired) electrons. The number of aromatic nitrogens is 2. The molecule has 1 saturated heterocycles. The van der Waals surface area contributed by atoms with Gasteiger partial charge in [0.1, 0.15) is 5.01 Å². The van der Waals surface area contributed by atoms with E-state index >= 15 is 0 Å². The van der Waals surface area contributed by atoms with E-state index < -0.39 is 0 Å². The Labute approximate surface area is 176 Å². The Balaban J connectivity index is 1.37. The molecule has 1 N–H and O–H groups in total. The highest BCUT2D eigenvalue weighted by atomic mass is 32.1. The number of hydrogen-bond acceptors (Lipinski definition) is 5. The van der Waals surface area contributed by atoms with E-state index in [9.17, 15) is 4.79 Å². The van der Waals surface area contributed by atoms with Gasteiger partial charge in [-0.2, -0.15) is 5.10 Å². The van der Waals surface area contributed by atoms with Crippen LogP contribution in [0, 0.1) is 0 Å². The summed E-state index contributed by atoms with van der Waals surface area (Å²) >= 11 is 1.63. The van der Waals surface area contributed by atoms with Crippen molar-refractivity contribution in [1.82, 2.24) is 20.0 Å². The van der Waals surface area contributed by atoms with Crippen molar-refractivity contribution in [3.8, 4) is 10.6 Å². The van der Waals surface area contributed by atoms with Gasteiger partial charge in [0.25, 0.3) is 5.91 Å². The molecule has 156 valence electrons. The van der Waals surface area contributed by atoms with Gasteiger partial charge in [0.2, 0.25) is 4.80 Å². The van der Waals surface area contributed by atoms with Gasteiger partial charge < -0.3 is 10.2 Å². The molecule has 0 unspecified atom stereocenters. The number of amides is 1. The quantitative estimate of drug-likeness (QED) is 0.791. The highest BCUT2D eigenvalue weighted by molar-refractivity contribution is 7.12. The van der Waals surface area contributed by atoms with Gasteiger partial charge in [-0.3, -0.25) is 9.79 Å². The van der Waals surface area contributed by atoms with Crippen molar-refractivity contribution in [1.29, 1.82) is 0 Å². The largest absolute Gasteiger partial charge is 0.351 e. The molecular formula is C22H31N5OS. The second kappa shape index (κ2) is 9.67. The van der Waals surface area contributed by atoms with Crippen LogP contribution in [0.4, 0.5) is 0 Å². The molecule has 2 heterocycles. The Morgan fingerprint density at radius 2 is 1.86 bits per heavy atom. The van der Waals surface area contributed by atoms with Crippen LogP contribution in [0.15, 0.2) is 29.3 Å². The van der Waals surface area contributed by atoms with Crippen LogP contribution >= 0.6 is 11.3 Å². The maximum absolute atomic E-state index is 12.4. The second-order valence-corrected chi connectivity index (χ2v) is 9.07. The van der Waals surface area contributed by atoms with Crippen molar-refractivity contribution in [2.75, 3.05) is 26.2 Å². The normalized spacial score (nSPS) is 19.0. The van der Waals surface area contributed by atoms with Crippen molar-refractivity contribution in [2.24, 2.45) is 12.0 Å². The molecule has 0 atom stereocenters. The van der Waals surface area contributed by atoms with Crippen molar-refractivity contribution in [3.05, 3.63) is 34.6 Å². The molecule has 1 aliphatic heterocycles. The number of nitrogens with zero attached hydrogens (tertiary/aromatic N) is 4. The van der Waals surface area contributed by atoms with Gasteiger partial charge in [-0.25, -0.2) is 4.68 Å². The lowest BCUT2D eigenvalue weighted by Crippen LogP contribution is -2.33. The minimum absolute atomic E-state index is 0.00608. The van der Waals surface area contributed by atoms with E-state index in [0.29, 0.717) is 18.2 Å². The molecule has 1 amide bonds. The van der Waals surface area contributed by atoms with Crippen molar-refractivity contribution in [2.45, 2.75) is 51.0 Å². The first-order chi connectivity index (χ1) is 14.2. The number of aryl methyl sites for hydroxylation is 1. The summed E-state index contributed by atoms with van der Waals surface area (Å²) in [6, 6.07) is 8.19. The molecule has 1 aromatic carbocycles. The fourth-order valence-electron chi connectivity index (χ4n) is 4.14. The molecule has 1 saturated carbocycles. The molecule has 1 aliphatic carbocycles. The zero-order chi connectivity index (χ0) is 20.1. The van der Waals surface area contributed by atoms with E-state index in [-0.39, 0.29) is 5.91 Å². The van der Waals surface area contributed by atoms with Crippen LogP contribution in [0.25, 0.3) is 10.6 Å². The van der Waals surface area contributed by atoms with Gasteiger partial charge in [0.15, 0.2) is 0 Å². The third kappa shape index (κ3) is 5.34. The monoisotopic (exact) mass is 413 g/mol. The average Bonchev–Trinajstić information content (AvgIpc) is 3.39. The predicted molar refractivity (Wildman–Crippen MR) is 117 cm³/mol. The van der Waals surface area contributed by atoms with Crippen LogP contribution in [0.2, 0.25) is 0 Å². The van der Waals surface area contributed by atoms with Gasteiger partial charge >= 0.3 is 0 Å². The highest BCUT2D eigenvalue weighted by Gasteiger charge is 2.14. The van der Waals surface area contributed by atoms with Crippen molar-refractivity contribution in [3.63, 3.8) is 0 Å². The molecule has 4 rings (SSSR count). The standard InChI is InChI=1S/C22H31N5OS/c1-26-22(24-19-7-3-2-4-8-19)29-21(25-26)18-11-9-17(10-12-18)20(28)23-13-16-27-14-5-6-15-27/h9-12,19H,2-8,13-16H2,1H3,(H,23,28)/b24-22+. The molecule has 2 aromatic rings. The number of likely N-dealkylation sites (tertiary alicyclic amines) is 1. The number of hydrogen-bond donors (Lipinski definition) is 1. The van der Waals surface area contributed by atoms with Gasteiger partial charge in [0, 0.05) is 31.3 Å². The number of benzene rings is 1. The van der Waals surface area contributed by atoms with E-state index in [1.165, 1.54) is 44.9 Å². The topological polar surface area (TPSA) is 62.5 Å². The Hall–Kier alpha value is -1.99. The van der Waals surface area contributed by atoms with E-state index in [1.807, 2.05) is 36.0 Å². The first kappa shape index (κ1) is 20.3. The summed E-state index contributed by atoms with van der Waals surface area (Å²) in [5.74, 6) is -0.00608. The zero-order valence-electron chi connectivity index (χ0n) is 17.3. The number of rotatable bonds is 6. The lowest BCUT2D eigenvalue weighted by atomic mass is 9.96. The molecule has 2 aliphatic rings. The van der Waals surface area contributed by atoms with Gasteiger partial charge in [-0.15, -0.1) is 0 Å². The van der Waals surface area contributed by atoms with Crippen LogP contribution in [-0.4, -0.2) is 52.8 Å². The van der Waals surface area contributed by atoms with E-state index in [2.05, 4.69) is 15.3 Å². The number of nitrogens with one attached hydrogen (secondary N) is 1. The van der Waals surface area contributed by atoms with Crippen molar-refractivity contribution >= 4 is 17.2 Å². The minimum Gasteiger partial charge on any atom is -0.351 e. The van der Waals surface area contributed by atoms with Crippen molar-refractivity contribution < 1.29 is 4.79 Å². The SMILES string of the molecule is Cn1nc(-c2ccc(C(=O)NCCN3CCCC3)cc2)s/c1=N/C1CCCCC1. The lowest BCUT2D eigenvalue weighted by molar-refractivity contribution is 0.0950. The smallest absolute Gasteiger partial charge is 0.251 e. The Morgan fingerprint density at radius 1 is 1.14 bits per heavy atom. The third-order valence-electron chi connectivity index (χ3n) is 5.88. The maximum Gasteiger partial charge on any atom is 0.251 e. The molecule has 0 spiro atoms. The van der Waals surface area contributed by atoms with Gasteiger partial charge in [0.05, 0.1) is 6.04 Å². The Morgan fingerprint density at radius 3 is 2.59 bits per heavy atom. The molecule has 29 heavy (non-hydrogen) atoms. The third-order valence-corrected chi connectivity index (χ3v) is 6.94. The van der Waals surface area contributed by atoms with Gasteiger partial charge in [-0.05, 0) is 50.9 Å². The summed E-state index contributed by atoms with van der Waals surface area (Å²) < 4.78 is 1.88. The molecule has 7 heteroatoms. The van der Waals surface area contributed by atoms with Crippen LogP contribution in [0.3, 0.4) is 0 Å². The first-order valence-corrected chi connectivity index (χ1v) is 11.7. The number of carbonyl (C=O) groups is 1. The fraction of sp³-hybridized carbons (Fsp3) is 0.591. The molecule has 0 bridgehead atoms. The van der Waals surface area contributed by atoms with Crippen LogP contribution in [-0.2, 0) is 7.05 Å². The molecule has 1 aromatic heterocycles. The summed E-state index contributed by atoms with van der Waals surface area (Å²) in [4.78, 5) is 20.7. The minimum atomic E-state index is -0.00608. The second-order valence-electron chi connectivity index (χ2n) is 8.12. The molecular weight excluding hydrogens is 382 g/mol. The number of carbonyl (C=O) groups excluding carboxylic acids is 1. The van der Waals surface area contributed by atoms with E-state index in [0.717, 1.165) is 35.0 Å². The first-order valence-electron chi connectivity index (χ1n) is 10.9. The lowest BCUT2D eigenvalue weighted by Gasteiger charge is -2.16. The maximum atomic E-state index is 12.4. The summed E-state index contributed by atoms with van der Waals surface area (Å²) in [5.41, 5.74) is 1.73. The Kier molecular flexibility index (Phi) is 6.77. The highest BCUT2D eigenvalue weighted by Crippen LogP contribution is 2.22. The molecule has 2 fully saturated rings. The predicted octanol–water partition coefficient (Wildman–Crippen LogP) is 3.21. The Bertz CT molecular complexity index is 873. The fourth-order valence-corrected chi connectivity index (χ4v) is 5.11. The molecule has 6 nitrogen and oxygen atoms in total. The summed E-state index contributed by atoms with van der Waals surface area (Å²) in [6.07, 6.45) is 8.84. The summed E-state index contributed by atoms with van der Waals surface area (Å²) in [5, 5.41) is 8.63. The van der Waals surface area contributed by atoms with E-state index in [4.69, 9.17) is 4.99 Å². The van der Waals surface area contributed by atoms with Crippen LogP contribution in [0.1, 0.15) is 55.3 Å². The van der Waals surface area contributed by atoms with E-state index in [1.54, 1.807) is 11.3 Å².